The van der Waals surface area contributed by atoms with Gasteiger partial charge in [0.05, 0.1) is 0 Å². The molecule has 84 heavy (non-hydrogen) atoms. The molecule has 0 amide bonds. The molecule has 0 aliphatic rings. The Kier molecular flexibility index (Phi) is 14.1. The van der Waals surface area contributed by atoms with Gasteiger partial charge in [-0.2, -0.15) is 0 Å². The molecule has 14 aromatic rings. The molecule has 0 heterocycles. The summed E-state index contributed by atoms with van der Waals surface area (Å²) in [6.07, 6.45) is 8.86. The Morgan fingerprint density at radius 2 is 0.440 bits per heavy atom. The minimum absolute atomic E-state index is 1.10. The van der Waals surface area contributed by atoms with Gasteiger partial charge in [0.15, 0.2) is 0 Å². The van der Waals surface area contributed by atoms with E-state index in [9.17, 15) is 0 Å². The van der Waals surface area contributed by atoms with Crippen LogP contribution in [-0.4, -0.2) is 0 Å². The molecule has 0 saturated carbocycles. The average Bonchev–Trinajstić information content (AvgIpc) is 1.68. The number of nitrogens with zero attached hydrogens (tertiary/aromatic N) is 2. The number of anilines is 6. The second kappa shape index (κ2) is 23.2. The summed E-state index contributed by atoms with van der Waals surface area (Å²) in [5, 5.41) is 7.33. The van der Waals surface area contributed by atoms with Gasteiger partial charge in [-0.25, -0.2) is 0 Å². The molecule has 0 spiro atoms. The molecule has 0 aliphatic heterocycles. The number of hydrogen-bond donors (Lipinski definition) is 0. The van der Waals surface area contributed by atoms with Crippen LogP contribution in [0.1, 0.15) is 22.3 Å². The molecule has 0 N–H and O–H groups in total. The van der Waals surface area contributed by atoms with Crippen LogP contribution in [0.4, 0.5) is 34.1 Å². The fourth-order valence-corrected chi connectivity index (χ4v) is 11.9. The van der Waals surface area contributed by atoms with Gasteiger partial charge in [0.2, 0.25) is 0 Å². The van der Waals surface area contributed by atoms with Gasteiger partial charge < -0.3 is 9.80 Å². The monoisotopic (exact) mass is 1070 g/mol. The second-order valence-corrected chi connectivity index (χ2v) is 21.3. The summed E-state index contributed by atoms with van der Waals surface area (Å²) in [6, 6.07) is 118. The van der Waals surface area contributed by atoms with Crippen LogP contribution in [0.25, 0.3) is 101 Å². The van der Waals surface area contributed by atoms with Crippen molar-refractivity contribution in [1.29, 1.82) is 0 Å². The van der Waals surface area contributed by atoms with Crippen molar-refractivity contribution in [1.82, 2.24) is 0 Å². The topological polar surface area (TPSA) is 6.48 Å². The summed E-state index contributed by atoms with van der Waals surface area (Å²) in [5.41, 5.74) is 20.7. The highest BCUT2D eigenvalue weighted by molar-refractivity contribution is 6.18. The standard InChI is InChI=1S/C82H58N2/c1-5-21-65(22-6-1)79-77-31-17-18-32-78(77)80(66-23-7-2-8-24-66)82(68-47-39-60(40-48-68)34-36-62-43-53-74(54-44-62)84(72-29-11-4-12-30-72)76-56-50-64-20-14-16-26-70(64)58-76)81(79)67-45-37-59(38-46-67)33-35-61-41-51-73(52-42-61)83(71-27-9-3-10-28-71)75-55-49-63-19-13-15-25-69(63)57-75/h1-58H/b35-33+,36-34+. The van der Waals surface area contributed by atoms with E-state index < -0.39 is 0 Å². The molecule has 0 bridgehead atoms. The molecule has 2 nitrogen and oxygen atoms in total. The van der Waals surface area contributed by atoms with Crippen molar-refractivity contribution in [2.45, 2.75) is 0 Å². The smallest absolute Gasteiger partial charge is 0.0468 e. The Bertz CT molecular complexity index is 4350. The van der Waals surface area contributed by atoms with E-state index in [1.807, 2.05) is 0 Å². The molecular formula is C82H58N2. The molecule has 14 rings (SSSR count). The lowest BCUT2D eigenvalue weighted by Crippen LogP contribution is -2.09. The van der Waals surface area contributed by atoms with Crippen LogP contribution < -0.4 is 9.80 Å². The van der Waals surface area contributed by atoms with Crippen LogP contribution in [0.15, 0.2) is 328 Å². The fourth-order valence-electron chi connectivity index (χ4n) is 11.9. The third-order valence-electron chi connectivity index (χ3n) is 16.0. The Morgan fingerprint density at radius 3 is 0.798 bits per heavy atom. The summed E-state index contributed by atoms with van der Waals surface area (Å²) in [6.45, 7) is 0. The van der Waals surface area contributed by atoms with E-state index in [-0.39, 0.29) is 0 Å². The maximum absolute atomic E-state index is 2.33. The number of hydrogen-bond acceptors (Lipinski definition) is 2. The van der Waals surface area contributed by atoms with E-state index in [1.54, 1.807) is 0 Å². The van der Waals surface area contributed by atoms with Crippen molar-refractivity contribution in [3.63, 3.8) is 0 Å². The van der Waals surface area contributed by atoms with Crippen LogP contribution in [0, 0.1) is 0 Å². The van der Waals surface area contributed by atoms with Gasteiger partial charge in [-0.05, 0) is 172 Å². The Labute approximate surface area is 492 Å². The van der Waals surface area contributed by atoms with Gasteiger partial charge in [0, 0.05) is 34.1 Å². The number of fused-ring (bicyclic) bond motifs is 3. The third-order valence-corrected chi connectivity index (χ3v) is 16.0. The van der Waals surface area contributed by atoms with Crippen molar-refractivity contribution in [2.24, 2.45) is 0 Å². The zero-order chi connectivity index (χ0) is 56.0. The normalized spacial score (nSPS) is 11.5. The second-order valence-electron chi connectivity index (χ2n) is 21.3. The molecule has 0 atom stereocenters. The highest BCUT2D eigenvalue weighted by atomic mass is 15.1. The van der Waals surface area contributed by atoms with Gasteiger partial charge in [0.1, 0.15) is 0 Å². The third kappa shape index (κ3) is 10.5. The number of para-hydroxylation sites is 2. The van der Waals surface area contributed by atoms with Crippen molar-refractivity contribution in [3.05, 3.63) is 350 Å². The Balaban J connectivity index is 0.801. The first-order chi connectivity index (χ1) is 41.6. The minimum atomic E-state index is 1.10. The maximum atomic E-state index is 2.33. The van der Waals surface area contributed by atoms with Crippen LogP contribution >= 0.6 is 0 Å². The highest BCUT2D eigenvalue weighted by Crippen LogP contribution is 2.51. The van der Waals surface area contributed by atoms with Gasteiger partial charge in [-0.3, -0.25) is 0 Å². The lowest BCUT2D eigenvalue weighted by molar-refractivity contribution is 1.29. The van der Waals surface area contributed by atoms with E-state index in [4.69, 9.17) is 0 Å². The molecular weight excluding hydrogens is 1010 g/mol. The molecule has 396 valence electrons. The largest absolute Gasteiger partial charge is 0.310 e. The lowest BCUT2D eigenvalue weighted by atomic mass is 9.79. The first kappa shape index (κ1) is 51.1. The number of benzene rings is 14. The predicted molar refractivity (Wildman–Crippen MR) is 361 cm³/mol. The number of rotatable bonds is 14. The summed E-state index contributed by atoms with van der Waals surface area (Å²) in [7, 11) is 0. The molecule has 0 aromatic heterocycles. The fraction of sp³-hybridized carbons (Fsp3) is 0. The van der Waals surface area contributed by atoms with E-state index in [0.717, 1.165) is 67.5 Å². The maximum Gasteiger partial charge on any atom is 0.0468 e. The van der Waals surface area contributed by atoms with Crippen molar-refractivity contribution >= 4 is 90.7 Å². The summed E-state index contributed by atoms with van der Waals surface area (Å²) in [5.74, 6) is 0. The quantitative estimate of drug-likeness (QED) is 0.100. The van der Waals surface area contributed by atoms with Crippen LogP contribution in [0.2, 0.25) is 0 Å². The van der Waals surface area contributed by atoms with Gasteiger partial charge in [-0.15, -0.1) is 0 Å². The average molecular weight is 1070 g/mol. The molecule has 0 aliphatic carbocycles. The van der Waals surface area contributed by atoms with E-state index in [1.165, 1.54) is 65.7 Å². The van der Waals surface area contributed by atoms with Gasteiger partial charge in [0.25, 0.3) is 0 Å². The summed E-state index contributed by atoms with van der Waals surface area (Å²) < 4.78 is 0. The van der Waals surface area contributed by atoms with Crippen LogP contribution in [-0.2, 0) is 0 Å². The SMILES string of the molecule is C(=C\c1ccc(N(c2ccccc2)c2ccc3ccccc3c2)cc1)/c1ccc(-c2c(-c3ccc(/C=C/c4ccc(N(c5ccccc5)c5ccc6ccccc6c5)cc4)cc3)c(-c3ccccc3)c3ccccc3c2-c2ccccc2)cc1. The molecule has 0 unspecified atom stereocenters. The lowest BCUT2D eigenvalue weighted by Gasteiger charge is -2.26. The molecule has 0 radical (unpaired) electrons. The molecule has 0 saturated heterocycles. The highest BCUT2D eigenvalue weighted by Gasteiger charge is 2.24. The zero-order valence-electron chi connectivity index (χ0n) is 46.4. The van der Waals surface area contributed by atoms with Crippen LogP contribution in [0.3, 0.4) is 0 Å². The first-order valence-corrected chi connectivity index (χ1v) is 28.8. The zero-order valence-corrected chi connectivity index (χ0v) is 46.4. The Hall–Kier alpha value is -11.1. The van der Waals surface area contributed by atoms with Crippen molar-refractivity contribution in [2.75, 3.05) is 9.80 Å². The molecule has 14 aromatic carbocycles. The van der Waals surface area contributed by atoms with E-state index in [2.05, 4.69) is 362 Å². The first-order valence-electron chi connectivity index (χ1n) is 28.8. The minimum Gasteiger partial charge on any atom is -0.310 e. The summed E-state index contributed by atoms with van der Waals surface area (Å²) in [4.78, 5) is 4.65. The van der Waals surface area contributed by atoms with E-state index in [0.29, 0.717) is 0 Å². The van der Waals surface area contributed by atoms with Crippen molar-refractivity contribution in [3.8, 4) is 44.5 Å². The van der Waals surface area contributed by atoms with Gasteiger partial charge in [-0.1, -0.05) is 279 Å². The molecule has 2 heteroatoms. The summed E-state index contributed by atoms with van der Waals surface area (Å²) >= 11 is 0. The van der Waals surface area contributed by atoms with E-state index >= 15 is 0 Å². The molecule has 0 fully saturated rings. The van der Waals surface area contributed by atoms with Crippen molar-refractivity contribution < 1.29 is 0 Å². The van der Waals surface area contributed by atoms with Crippen LogP contribution in [0.5, 0.6) is 0 Å². The Morgan fingerprint density at radius 1 is 0.179 bits per heavy atom. The predicted octanol–water partition coefficient (Wildman–Crippen LogP) is 23.1. The van der Waals surface area contributed by atoms with Gasteiger partial charge >= 0.3 is 0 Å².